The minimum absolute atomic E-state index is 0. The van der Waals surface area contributed by atoms with Crippen LogP contribution in [0.1, 0.15) is 22.3 Å². The van der Waals surface area contributed by atoms with Crippen molar-refractivity contribution in [2.24, 2.45) is 0 Å². The maximum absolute atomic E-state index is 5.79. The third kappa shape index (κ3) is 5.94. The normalized spacial score (nSPS) is 10.7. The molecule has 4 aromatic heterocycles. The summed E-state index contributed by atoms with van der Waals surface area (Å²) in [5, 5.41) is 2.18. The molecule has 0 aliphatic rings. The van der Waals surface area contributed by atoms with Crippen LogP contribution >= 0.6 is 0 Å². The first kappa shape index (κ1) is 29.1. The van der Waals surface area contributed by atoms with Crippen LogP contribution in [0.5, 0.6) is 0 Å². The average molecular weight is 724 g/mol. The van der Waals surface area contributed by atoms with Crippen LogP contribution in [-0.2, 0) is 20.1 Å². The van der Waals surface area contributed by atoms with Crippen LogP contribution in [0.2, 0.25) is 0 Å². The number of aryl methyl sites for hydroxylation is 4. The fourth-order valence-electron chi connectivity index (χ4n) is 4.86. The number of hydrogen-bond donors (Lipinski definition) is 0. The molecule has 0 unspecified atom stereocenters. The fourth-order valence-corrected chi connectivity index (χ4v) is 4.86. The van der Waals surface area contributed by atoms with Gasteiger partial charge in [-0.3, -0.25) is 0 Å². The molecule has 42 heavy (non-hydrogen) atoms. The number of fused-ring (bicyclic) bond motifs is 3. The zero-order valence-electron chi connectivity index (χ0n) is 23.9. The molecule has 1 radical (unpaired) electrons. The Hall–Kier alpha value is -4.44. The SMILES string of the molecule is Cc1ccn[c-]c1-c1cc2c(cn1)oc1ccccc12.Cc1cnc(-c2[c-]cc(C)c(-c3ccccc3)c2)cc1C.[Ir]. The molecule has 0 aliphatic carbocycles. The van der Waals surface area contributed by atoms with Gasteiger partial charge in [-0.2, -0.15) is 0 Å². The maximum atomic E-state index is 5.79. The van der Waals surface area contributed by atoms with E-state index in [1.165, 1.54) is 27.8 Å². The van der Waals surface area contributed by atoms with Crippen molar-refractivity contribution in [3.05, 3.63) is 138 Å². The molecule has 209 valence electrons. The van der Waals surface area contributed by atoms with Crippen molar-refractivity contribution in [2.75, 3.05) is 0 Å². The van der Waals surface area contributed by atoms with Crippen LogP contribution in [0.3, 0.4) is 0 Å². The van der Waals surface area contributed by atoms with Crippen LogP contribution in [0.25, 0.3) is 55.6 Å². The number of rotatable bonds is 3. The first-order chi connectivity index (χ1) is 20.0. The molecule has 3 aromatic carbocycles. The van der Waals surface area contributed by atoms with Gasteiger partial charge in [-0.15, -0.1) is 46.5 Å². The Kier molecular flexibility index (Phi) is 8.72. The van der Waals surface area contributed by atoms with E-state index in [2.05, 4.69) is 96.5 Å². The van der Waals surface area contributed by atoms with E-state index < -0.39 is 0 Å². The van der Waals surface area contributed by atoms with E-state index in [1.807, 2.05) is 49.5 Å². The molecular weight excluding hydrogens is 695 g/mol. The van der Waals surface area contributed by atoms with Crippen molar-refractivity contribution < 1.29 is 24.5 Å². The summed E-state index contributed by atoms with van der Waals surface area (Å²) >= 11 is 0. The second-order valence-corrected chi connectivity index (χ2v) is 10.2. The van der Waals surface area contributed by atoms with Crippen LogP contribution in [0.4, 0.5) is 0 Å². The third-order valence-corrected chi connectivity index (χ3v) is 7.38. The Morgan fingerprint density at radius 3 is 2.19 bits per heavy atom. The first-order valence-corrected chi connectivity index (χ1v) is 13.6. The molecule has 7 aromatic rings. The van der Waals surface area contributed by atoms with Gasteiger partial charge in [0.2, 0.25) is 0 Å². The Labute approximate surface area is 259 Å². The Morgan fingerprint density at radius 1 is 0.643 bits per heavy atom. The molecule has 0 amide bonds. The standard InChI is InChI=1S/C20H18N.C17H11N2O.Ir/c1-14-9-10-18(20-11-15(2)16(3)13-21-20)12-19(14)17-7-5-4-6-8-17;1-11-6-7-18-9-14(11)15-8-13-12-4-2-3-5-16(12)20-17(13)10-19-15;/h4-9,11-13H,1-3H3;2-8,10H,1H3;/q2*-1;. The Balaban J connectivity index is 0.000000164. The van der Waals surface area contributed by atoms with Crippen molar-refractivity contribution in [1.82, 2.24) is 15.0 Å². The van der Waals surface area contributed by atoms with Gasteiger partial charge in [-0.05, 0) is 48.6 Å². The summed E-state index contributed by atoms with van der Waals surface area (Å²) in [5.74, 6) is 0. The van der Waals surface area contributed by atoms with E-state index in [9.17, 15) is 0 Å². The van der Waals surface area contributed by atoms with Gasteiger partial charge in [0.25, 0.3) is 0 Å². The van der Waals surface area contributed by atoms with Crippen molar-refractivity contribution in [3.63, 3.8) is 0 Å². The molecule has 0 atom stereocenters. The van der Waals surface area contributed by atoms with Gasteiger partial charge in [0, 0.05) is 37.1 Å². The number of pyridine rings is 3. The van der Waals surface area contributed by atoms with Crippen molar-refractivity contribution in [3.8, 4) is 33.6 Å². The second-order valence-electron chi connectivity index (χ2n) is 10.2. The first-order valence-electron chi connectivity index (χ1n) is 13.6. The van der Waals surface area contributed by atoms with E-state index in [4.69, 9.17) is 4.42 Å². The summed E-state index contributed by atoms with van der Waals surface area (Å²) in [7, 11) is 0. The molecule has 0 saturated carbocycles. The largest absolute Gasteiger partial charge is 0.455 e. The van der Waals surface area contributed by atoms with Gasteiger partial charge in [0.05, 0.1) is 6.20 Å². The second kappa shape index (κ2) is 12.6. The van der Waals surface area contributed by atoms with E-state index in [0.717, 1.165) is 50.0 Å². The molecule has 4 nitrogen and oxygen atoms in total. The smallest absolute Gasteiger partial charge is 0.151 e. The summed E-state index contributed by atoms with van der Waals surface area (Å²) < 4.78 is 5.79. The molecule has 4 heterocycles. The summed E-state index contributed by atoms with van der Waals surface area (Å²) in [6.07, 6.45) is 8.46. The molecule has 0 saturated heterocycles. The summed E-state index contributed by atoms with van der Waals surface area (Å²) in [4.78, 5) is 13.1. The number of aromatic nitrogens is 3. The molecule has 7 rings (SSSR count). The monoisotopic (exact) mass is 724 g/mol. The van der Waals surface area contributed by atoms with Crippen LogP contribution in [0.15, 0.2) is 108 Å². The fraction of sp³-hybridized carbons (Fsp3) is 0.108. The van der Waals surface area contributed by atoms with Gasteiger partial charge in [-0.25, -0.2) is 0 Å². The zero-order chi connectivity index (χ0) is 28.3. The number of furan rings is 1. The minimum atomic E-state index is 0. The van der Waals surface area contributed by atoms with E-state index in [1.54, 1.807) is 12.4 Å². The summed E-state index contributed by atoms with van der Waals surface area (Å²) in [5.41, 5.74) is 12.8. The van der Waals surface area contributed by atoms with Crippen LogP contribution in [0, 0.1) is 40.0 Å². The van der Waals surface area contributed by atoms with E-state index in [0.29, 0.717) is 0 Å². The average Bonchev–Trinajstić information content (AvgIpc) is 3.38. The molecule has 0 fully saturated rings. The van der Waals surface area contributed by atoms with E-state index in [-0.39, 0.29) is 20.1 Å². The van der Waals surface area contributed by atoms with Gasteiger partial charge < -0.3 is 19.4 Å². The summed E-state index contributed by atoms with van der Waals surface area (Å²) in [6.45, 7) is 8.36. The van der Waals surface area contributed by atoms with Gasteiger partial charge in [-0.1, -0.05) is 91.8 Å². The third-order valence-electron chi connectivity index (χ3n) is 7.38. The van der Waals surface area contributed by atoms with Gasteiger partial charge in [0.1, 0.15) is 5.58 Å². The van der Waals surface area contributed by atoms with Crippen LogP contribution < -0.4 is 0 Å². The van der Waals surface area contributed by atoms with Gasteiger partial charge >= 0.3 is 0 Å². The number of hydrogen-bond acceptors (Lipinski definition) is 4. The molecule has 5 heteroatoms. The molecule has 0 aliphatic heterocycles. The number of benzene rings is 3. The predicted octanol–water partition coefficient (Wildman–Crippen LogP) is 9.29. The Bertz CT molecular complexity index is 2000. The van der Waals surface area contributed by atoms with Gasteiger partial charge in [0.15, 0.2) is 5.58 Å². The maximum Gasteiger partial charge on any atom is 0.151 e. The predicted molar refractivity (Wildman–Crippen MR) is 166 cm³/mol. The number of nitrogens with zero attached hydrogens (tertiary/aromatic N) is 3. The number of para-hydroxylation sites is 1. The molecular formula is C37H29IrN3O-2. The van der Waals surface area contributed by atoms with Crippen molar-refractivity contribution >= 4 is 21.9 Å². The van der Waals surface area contributed by atoms with E-state index >= 15 is 0 Å². The van der Waals surface area contributed by atoms with Crippen molar-refractivity contribution in [1.29, 1.82) is 0 Å². The molecule has 0 N–H and O–H groups in total. The summed E-state index contributed by atoms with van der Waals surface area (Å²) in [6, 6.07) is 32.2. The minimum Gasteiger partial charge on any atom is -0.455 e. The Morgan fingerprint density at radius 2 is 1.40 bits per heavy atom. The quantitative estimate of drug-likeness (QED) is 0.171. The van der Waals surface area contributed by atoms with Crippen molar-refractivity contribution in [2.45, 2.75) is 27.7 Å². The zero-order valence-corrected chi connectivity index (χ0v) is 26.3. The molecule has 0 bridgehead atoms. The molecule has 0 spiro atoms. The van der Waals surface area contributed by atoms with Crippen LogP contribution in [-0.4, -0.2) is 15.0 Å². The topological polar surface area (TPSA) is 51.8 Å².